The fraction of sp³-hybridized carbons (Fsp3) is 0.857. The summed E-state index contributed by atoms with van der Waals surface area (Å²) < 4.78 is 0. The van der Waals surface area contributed by atoms with Crippen LogP contribution in [0.25, 0.3) is 0 Å². The van der Waals surface area contributed by atoms with E-state index < -0.39 is 6.23 Å². The molecule has 4 heteroatoms. The molecule has 64 valence electrons. The Labute approximate surface area is 65.6 Å². The van der Waals surface area contributed by atoms with E-state index in [1.54, 1.807) is 0 Å². The van der Waals surface area contributed by atoms with Crippen LogP contribution < -0.4 is 0 Å². The highest BCUT2D eigenvalue weighted by atomic mass is 16.3. The zero-order chi connectivity index (χ0) is 8.53. The Kier molecular flexibility index (Phi) is 6.82. The SMILES string of the molecule is O=CCCCCCC(O)N=O. The maximum atomic E-state index is 9.84. The van der Waals surface area contributed by atoms with Gasteiger partial charge in [-0.1, -0.05) is 6.42 Å². The maximum absolute atomic E-state index is 9.84. The largest absolute Gasteiger partial charge is 0.369 e. The molecule has 0 saturated carbocycles. The molecule has 0 fully saturated rings. The number of nitrogens with zero attached hydrogens (tertiary/aromatic N) is 1. The Balaban J connectivity index is 3.01. The molecule has 4 nitrogen and oxygen atoms in total. The van der Waals surface area contributed by atoms with Crippen molar-refractivity contribution in [2.24, 2.45) is 5.18 Å². The van der Waals surface area contributed by atoms with E-state index in [4.69, 9.17) is 5.11 Å². The number of unbranched alkanes of at least 4 members (excludes halogenated alkanes) is 3. The molecule has 11 heavy (non-hydrogen) atoms. The van der Waals surface area contributed by atoms with Crippen molar-refractivity contribution in [3.8, 4) is 0 Å². The standard InChI is InChI=1S/C7H13NO3/c9-6-4-2-1-3-5-7(10)8-11/h6-7,10H,1-5H2. The zero-order valence-electron chi connectivity index (χ0n) is 6.40. The summed E-state index contributed by atoms with van der Waals surface area (Å²) in [5.74, 6) is 0. The first-order valence-corrected chi connectivity index (χ1v) is 3.75. The Morgan fingerprint density at radius 2 is 2.09 bits per heavy atom. The second kappa shape index (κ2) is 7.34. The Hall–Kier alpha value is -0.770. The third-order valence-corrected chi connectivity index (χ3v) is 1.41. The van der Waals surface area contributed by atoms with Gasteiger partial charge in [-0.3, -0.25) is 0 Å². The van der Waals surface area contributed by atoms with Gasteiger partial charge in [0.25, 0.3) is 0 Å². The van der Waals surface area contributed by atoms with E-state index in [1.165, 1.54) is 0 Å². The van der Waals surface area contributed by atoms with Crippen molar-refractivity contribution in [3.05, 3.63) is 4.91 Å². The zero-order valence-corrected chi connectivity index (χ0v) is 6.40. The molecule has 0 aliphatic carbocycles. The lowest BCUT2D eigenvalue weighted by Gasteiger charge is -1.99. The van der Waals surface area contributed by atoms with Gasteiger partial charge in [-0.2, -0.15) is 0 Å². The molecule has 0 amide bonds. The first-order chi connectivity index (χ1) is 5.31. The Morgan fingerprint density at radius 1 is 1.36 bits per heavy atom. The second-order valence-corrected chi connectivity index (χ2v) is 2.39. The van der Waals surface area contributed by atoms with Crippen LogP contribution in [-0.4, -0.2) is 17.6 Å². The average molecular weight is 159 g/mol. The number of rotatable bonds is 7. The molecule has 1 unspecified atom stereocenters. The molecule has 0 aliphatic rings. The molecule has 0 radical (unpaired) electrons. The molecule has 0 aromatic carbocycles. The highest BCUT2D eigenvalue weighted by Crippen LogP contribution is 2.04. The van der Waals surface area contributed by atoms with Gasteiger partial charge in [0.05, 0.1) is 0 Å². The van der Waals surface area contributed by atoms with Crippen LogP contribution in [0.1, 0.15) is 32.1 Å². The fourth-order valence-corrected chi connectivity index (χ4v) is 0.784. The van der Waals surface area contributed by atoms with Gasteiger partial charge in [0.2, 0.25) is 0 Å². The first kappa shape index (κ1) is 10.2. The van der Waals surface area contributed by atoms with Crippen LogP contribution in [0.2, 0.25) is 0 Å². The number of aliphatic hydroxyl groups is 1. The summed E-state index contributed by atoms with van der Waals surface area (Å²) in [4.78, 5) is 19.5. The topological polar surface area (TPSA) is 66.7 Å². The van der Waals surface area contributed by atoms with E-state index in [1.807, 2.05) is 0 Å². The molecule has 0 aromatic rings. The molecular formula is C7H13NO3. The van der Waals surface area contributed by atoms with Crippen molar-refractivity contribution in [2.45, 2.75) is 38.3 Å². The summed E-state index contributed by atoms with van der Waals surface area (Å²) in [5, 5.41) is 11.1. The first-order valence-electron chi connectivity index (χ1n) is 3.75. The number of aldehydes is 1. The fourth-order valence-electron chi connectivity index (χ4n) is 0.784. The van der Waals surface area contributed by atoms with E-state index in [9.17, 15) is 9.70 Å². The van der Waals surface area contributed by atoms with E-state index in [-0.39, 0.29) is 0 Å². The summed E-state index contributed by atoms with van der Waals surface area (Å²) in [7, 11) is 0. The van der Waals surface area contributed by atoms with Gasteiger partial charge < -0.3 is 9.90 Å². The number of carbonyl (C=O) groups is 1. The minimum atomic E-state index is -1.06. The van der Waals surface area contributed by atoms with E-state index in [0.29, 0.717) is 12.8 Å². The van der Waals surface area contributed by atoms with Gasteiger partial charge in [-0.15, -0.1) is 4.91 Å². The van der Waals surface area contributed by atoms with Crippen molar-refractivity contribution in [1.29, 1.82) is 0 Å². The lowest BCUT2D eigenvalue weighted by atomic mass is 10.1. The van der Waals surface area contributed by atoms with Crippen LogP contribution in [0.3, 0.4) is 0 Å². The third kappa shape index (κ3) is 7.12. The molecule has 0 aliphatic heterocycles. The highest BCUT2D eigenvalue weighted by molar-refractivity contribution is 5.48. The molecule has 0 heterocycles. The number of hydrogen-bond donors (Lipinski definition) is 1. The minimum Gasteiger partial charge on any atom is -0.369 e. The Bertz CT molecular complexity index is 116. The monoisotopic (exact) mass is 159 g/mol. The lowest BCUT2D eigenvalue weighted by molar-refractivity contribution is -0.107. The van der Waals surface area contributed by atoms with Crippen LogP contribution in [0.4, 0.5) is 0 Å². The van der Waals surface area contributed by atoms with Crippen LogP contribution in [-0.2, 0) is 4.79 Å². The van der Waals surface area contributed by atoms with Crippen LogP contribution in [0.15, 0.2) is 5.18 Å². The second-order valence-electron chi connectivity index (χ2n) is 2.39. The van der Waals surface area contributed by atoms with E-state index in [0.717, 1.165) is 25.5 Å². The third-order valence-electron chi connectivity index (χ3n) is 1.41. The van der Waals surface area contributed by atoms with Crippen LogP contribution >= 0.6 is 0 Å². The lowest BCUT2D eigenvalue weighted by Crippen LogP contribution is -2.00. The van der Waals surface area contributed by atoms with E-state index in [2.05, 4.69) is 5.18 Å². The van der Waals surface area contributed by atoms with E-state index >= 15 is 0 Å². The molecule has 0 spiro atoms. The van der Waals surface area contributed by atoms with Gasteiger partial charge in [0.15, 0.2) is 6.23 Å². The molecular weight excluding hydrogens is 146 g/mol. The highest BCUT2D eigenvalue weighted by Gasteiger charge is 2.00. The van der Waals surface area contributed by atoms with Gasteiger partial charge >= 0.3 is 0 Å². The predicted molar refractivity (Wildman–Crippen MR) is 41.0 cm³/mol. The molecule has 0 saturated heterocycles. The quantitative estimate of drug-likeness (QED) is 0.345. The van der Waals surface area contributed by atoms with Gasteiger partial charge in [-0.05, 0) is 24.4 Å². The minimum absolute atomic E-state index is 0.405. The summed E-state index contributed by atoms with van der Waals surface area (Å²) in [6.07, 6.45) is 3.22. The molecule has 0 aromatic heterocycles. The number of nitroso groups, excluding NO2 is 1. The summed E-state index contributed by atoms with van der Waals surface area (Å²) >= 11 is 0. The summed E-state index contributed by atoms with van der Waals surface area (Å²) in [5.41, 5.74) is 0. The average Bonchev–Trinajstić information content (AvgIpc) is 2.04. The normalized spacial score (nSPS) is 12.5. The van der Waals surface area contributed by atoms with Gasteiger partial charge in [0.1, 0.15) is 6.29 Å². The molecule has 1 atom stereocenters. The molecule has 0 bridgehead atoms. The molecule has 0 rings (SSSR count). The molecule has 1 N–H and O–H groups in total. The number of aliphatic hydroxyl groups excluding tert-OH is 1. The number of hydrogen-bond acceptors (Lipinski definition) is 4. The summed E-state index contributed by atoms with van der Waals surface area (Å²) in [6.45, 7) is 0. The van der Waals surface area contributed by atoms with Crippen molar-refractivity contribution in [2.75, 3.05) is 0 Å². The van der Waals surface area contributed by atoms with Crippen molar-refractivity contribution in [1.82, 2.24) is 0 Å². The van der Waals surface area contributed by atoms with Gasteiger partial charge in [-0.25, -0.2) is 0 Å². The smallest absolute Gasteiger partial charge is 0.186 e. The Morgan fingerprint density at radius 3 is 2.64 bits per heavy atom. The van der Waals surface area contributed by atoms with Crippen molar-refractivity contribution >= 4 is 6.29 Å². The number of carbonyl (C=O) groups excluding carboxylic acids is 1. The van der Waals surface area contributed by atoms with Crippen molar-refractivity contribution < 1.29 is 9.90 Å². The van der Waals surface area contributed by atoms with Crippen LogP contribution in [0, 0.1) is 4.91 Å². The van der Waals surface area contributed by atoms with Crippen LogP contribution in [0.5, 0.6) is 0 Å². The predicted octanol–water partition coefficient (Wildman–Crippen LogP) is 1.22. The maximum Gasteiger partial charge on any atom is 0.186 e. The van der Waals surface area contributed by atoms with Crippen molar-refractivity contribution in [3.63, 3.8) is 0 Å². The summed E-state index contributed by atoms with van der Waals surface area (Å²) in [6, 6.07) is 0. The van der Waals surface area contributed by atoms with Gasteiger partial charge in [0, 0.05) is 6.42 Å².